The van der Waals surface area contributed by atoms with Crippen LogP contribution in [-0.2, 0) is 0 Å². The SMILES string of the molecule is CN1CCN(c2cccc(Br)c2C(N)=O)C(CN)C1. The summed E-state index contributed by atoms with van der Waals surface area (Å²) in [6, 6.07) is 5.87. The monoisotopic (exact) mass is 326 g/mol. The van der Waals surface area contributed by atoms with Gasteiger partial charge in [0, 0.05) is 30.7 Å². The van der Waals surface area contributed by atoms with Crippen LogP contribution in [0.3, 0.4) is 0 Å². The minimum atomic E-state index is -0.419. The molecule has 4 N–H and O–H groups in total. The molecule has 5 nitrogen and oxygen atoms in total. The molecule has 1 aromatic rings. The van der Waals surface area contributed by atoms with Crippen LogP contribution < -0.4 is 16.4 Å². The Balaban J connectivity index is 2.40. The summed E-state index contributed by atoms with van der Waals surface area (Å²) in [7, 11) is 2.08. The van der Waals surface area contributed by atoms with Crippen LogP contribution in [-0.4, -0.2) is 50.1 Å². The Morgan fingerprint density at radius 3 is 2.84 bits per heavy atom. The Morgan fingerprint density at radius 1 is 1.47 bits per heavy atom. The number of nitrogens with zero attached hydrogens (tertiary/aromatic N) is 2. The van der Waals surface area contributed by atoms with Crippen LogP contribution in [0.2, 0.25) is 0 Å². The molecule has 1 saturated heterocycles. The fourth-order valence-electron chi connectivity index (χ4n) is 2.53. The van der Waals surface area contributed by atoms with Gasteiger partial charge in [0.05, 0.1) is 17.3 Å². The molecule has 1 amide bonds. The molecule has 0 saturated carbocycles. The number of carbonyl (C=O) groups excluding carboxylic acids is 1. The predicted octanol–water partition coefficient (Wildman–Crippen LogP) is 0.627. The topological polar surface area (TPSA) is 75.6 Å². The zero-order valence-corrected chi connectivity index (χ0v) is 12.6. The highest BCUT2D eigenvalue weighted by Crippen LogP contribution is 2.29. The maximum absolute atomic E-state index is 11.7. The van der Waals surface area contributed by atoms with Gasteiger partial charge in [-0.25, -0.2) is 0 Å². The number of hydrogen-bond acceptors (Lipinski definition) is 4. The first-order valence-corrected chi connectivity index (χ1v) is 7.07. The lowest BCUT2D eigenvalue weighted by Crippen LogP contribution is -2.55. The summed E-state index contributed by atoms with van der Waals surface area (Å²) in [5.41, 5.74) is 12.8. The first kappa shape index (κ1) is 14.3. The summed E-state index contributed by atoms with van der Waals surface area (Å²) in [6.45, 7) is 3.23. The molecule has 1 fully saturated rings. The number of piperazine rings is 1. The van der Waals surface area contributed by atoms with Crippen molar-refractivity contribution >= 4 is 27.5 Å². The molecule has 1 unspecified atom stereocenters. The molecular formula is C13H19BrN4O. The first-order chi connectivity index (χ1) is 9.04. The molecular weight excluding hydrogens is 308 g/mol. The zero-order valence-electron chi connectivity index (χ0n) is 11.0. The number of primary amides is 1. The molecule has 19 heavy (non-hydrogen) atoms. The van der Waals surface area contributed by atoms with E-state index in [-0.39, 0.29) is 6.04 Å². The van der Waals surface area contributed by atoms with Crippen molar-refractivity contribution in [2.75, 3.05) is 38.1 Å². The quantitative estimate of drug-likeness (QED) is 0.854. The fraction of sp³-hybridized carbons (Fsp3) is 0.462. The fourth-order valence-corrected chi connectivity index (χ4v) is 3.08. The van der Waals surface area contributed by atoms with Crippen molar-refractivity contribution in [1.82, 2.24) is 4.90 Å². The van der Waals surface area contributed by atoms with Crippen LogP contribution in [0.4, 0.5) is 5.69 Å². The molecule has 0 spiro atoms. The number of rotatable bonds is 3. The van der Waals surface area contributed by atoms with Gasteiger partial charge in [-0.15, -0.1) is 0 Å². The van der Waals surface area contributed by atoms with Crippen molar-refractivity contribution in [3.63, 3.8) is 0 Å². The van der Waals surface area contributed by atoms with Crippen LogP contribution in [0.25, 0.3) is 0 Å². The summed E-state index contributed by atoms with van der Waals surface area (Å²) >= 11 is 3.40. The third-order valence-corrected chi connectivity index (χ3v) is 4.17. The van der Waals surface area contributed by atoms with E-state index in [9.17, 15) is 4.79 Å². The van der Waals surface area contributed by atoms with E-state index >= 15 is 0 Å². The molecule has 0 radical (unpaired) electrons. The van der Waals surface area contributed by atoms with Gasteiger partial charge in [0.25, 0.3) is 5.91 Å². The van der Waals surface area contributed by atoms with Crippen molar-refractivity contribution < 1.29 is 4.79 Å². The largest absolute Gasteiger partial charge is 0.365 e. The molecule has 1 aliphatic rings. The lowest BCUT2D eigenvalue weighted by atomic mass is 10.1. The zero-order chi connectivity index (χ0) is 14.0. The first-order valence-electron chi connectivity index (χ1n) is 6.28. The number of amides is 1. The van der Waals surface area contributed by atoms with Gasteiger partial charge in [0.1, 0.15) is 0 Å². The number of hydrogen-bond donors (Lipinski definition) is 2. The van der Waals surface area contributed by atoms with Crippen molar-refractivity contribution in [2.24, 2.45) is 11.5 Å². The Morgan fingerprint density at radius 2 is 2.21 bits per heavy atom. The second kappa shape index (κ2) is 5.90. The van der Waals surface area contributed by atoms with Crippen LogP contribution >= 0.6 is 15.9 Å². The van der Waals surface area contributed by atoms with Crippen LogP contribution in [0.1, 0.15) is 10.4 Å². The van der Waals surface area contributed by atoms with E-state index < -0.39 is 5.91 Å². The number of halogens is 1. The third-order valence-electron chi connectivity index (χ3n) is 3.51. The van der Waals surface area contributed by atoms with Gasteiger partial charge in [-0.05, 0) is 35.1 Å². The standard InChI is InChI=1S/C13H19BrN4O/c1-17-5-6-18(9(7-15)8-17)11-4-2-3-10(14)12(11)13(16)19/h2-4,9H,5-8,15H2,1H3,(H2,16,19). The van der Waals surface area contributed by atoms with E-state index in [4.69, 9.17) is 11.5 Å². The van der Waals surface area contributed by atoms with E-state index in [2.05, 4.69) is 32.8 Å². The van der Waals surface area contributed by atoms with E-state index in [1.165, 1.54) is 0 Å². The maximum Gasteiger partial charge on any atom is 0.251 e. The Kier molecular flexibility index (Phi) is 4.44. The normalized spacial score (nSPS) is 20.6. The maximum atomic E-state index is 11.7. The molecule has 0 aromatic heterocycles. The average molecular weight is 327 g/mol. The van der Waals surface area contributed by atoms with Gasteiger partial charge >= 0.3 is 0 Å². The molecule has 6 heteroatoms. The molecule has 0 aliphatic carbocycles. The summed E-state index contributed by atoms with van der Waals surface area (Å²) < 4.78 is 0.729. The minimum absolute atomic E-state index is 0.200. The van der Waals surface area contributed by atoms with Crippen LogP contribution in [0, 0.1) is 0 Å². The summed E-state index contributed by atoms with van der Waals surface area (Å²) in [5, 5.41) is 0. The van der Waals surface area contributed by atoms with Gasteiger partial charge in [-0.1, -0.05) is 6.07 Å². The van der Waals surface area contributed by atoms with Crippen molar-refractivity contribution in [3.05, 3.63) is 28.2 Å². The van der Waals surface area contributed by atoms with E-state index in [0.29, 0.717) is 12.1 Å². The molecule has 1 aliphatic heterocycles. The highest BCUT2D eigenvalue weighted by Gasteiger charge is 2.27. The summed E-state index contributed by atoms with van der Waals surface area (Å²) in [6.07, 6.45) is 0. The van der Waals surface area contributed by atoms with Gasteiger partial charge < -0.3 is 21.3 Å². The molecule has 1 heterocycles. The van der Waals surface area contributed by atoms with Crippen molar-refractivity contribution in [2.45, 2.75) is 6.04 Å². The molecule has 2 rings (SSSR count). The predicted molar refractivity (Wildman–Crippen MR) is 80.3 cm³/mol. The summed E-state index contributed by atoms with van der Waals surface area (Å²) in [5.74, 6) is -0.419. The van der Waals surface area contributed by atoms with Gasteiger partial charge in [-0.2, -0.15) is 0 Å². The number of anilines is 1. The second-order valence-electron chi connectivity index (χ2n) is 4.84. The number of carbonyl (C=O) groups is 1. The van der Waals surface area contributed by atoms with Crippen LogP contribution in [0.15, 0.2) is 22.7 Å². The number of likely N-dealkylation sites (N-methyl/N-ethyl adjacent to an activating group) is 1. The lowest BCUT2D eigenvalue weighted by molar-refractivity contribution is 0.0999. The Bertz CT molecular complexity index is 480. The van der Waals surface area contributed by atoms with E-state index in [0.717, 1.165) is 29.8 Å². The Hall–Kier alpha value is -1.11. The smallest absolute Gasteiger partial charge is 0.251 e. The average Bonchev–Trinajstić information content (AvgIpc) is 2.37. The van der Waals surface area contributed by atoms with Crippen molar-refractivity contribution in [1.29, 1.82) is 0 Å². The molecule has 1 aromatic carbocycles. The number of nitrogens with two attached hydrogens (primary N) is 2. The molecule has 104 valence electrons. The van der Waals surface area contributed by atoms with Gasteiger partial charge in [0.2, 0.25) is 0 Å². The highest BCUT2D eigenvalue weighted by atomic mass is 79.9. The molecule has 1 atom stereocenters. The van der Waals surface area contributed by atoms with Gasteiger partial charge in [-0.3, -0.25) is 4.79 Å². The highest BCUT2D eigenvalue weighted by molar-refractivity contribution is 9.10. The summed E-state index contributed by atoms with van der Waals surface area (Å²) in [4.78, 5) is 16.1. The third kappa shape index (κ3) is 2.91. The van der Waals surface area contributed by atoms with Crippen LogP contribution in [0.5, 0.6) is 0 Å². The minimum Gasteiger partial charge on any atom is -0.365 e. The van der Waals surface area contributed by atoms with Gasteiger partial charge in [0.15, 0.2) is 0 Å². The van der Waals surface area contributed by atoms with E-state index in [1.807, 2.05) is 18.2 Å². The molecule has 0 bridgehead atoms. The van der Waals surface area contributed by atoms with E-state index in [1.54, 1.807) is 0 Å². The lowest BCUT2D eigenvalue weighted by Gasteiger charge is -2.41. The van der Waals surface area contributed by atoms with Crippen molar-refractivity contribution in [3.8, 4) is 0 Å². The number of benzene rings is 1. The Labute approximate surface area is 121 Å². The second-order valence-corrected chi connectivity index (χ2v) is 5.70.